The standard InChI is InChI=1S/C16H23N5O3S2/c1-12-18-19-16(25-12)11-17-14-10-13(26(22,23)20(2)3)4-5-15(14)21-6-8-24-9-7-21/h4-5,10,17H,6-9,11H2,1-3H3. The van der Waals surface area contributed by atoms with Crippen LogP contribution in [-0.2, 0) is 21.3 Å². The van der Waals surface area contributed by atoms with E-state index in [4.69, 9.17) is 4.74 Å². The number of hydrogen-bond donors (Lipinski definition) is 1. The van der Waals surface area contributed by atoms with Crippen molar-refractivity contribution in [3.63, 3.8) is 0 Å². The first kappa shape index (κ1) is 19.0. The lowest BCUT2D eigenvalue weighted by molar-refractivity contribution is 0.123. The number of hydrogen-bond acceptors (Lipinski definition) is 8. The molecule has 0 saturated carbocycles. The van der Waals surface area contributed by atoms with Gasteiger partial charge in [0.2, 0.25) is 10.0 Å². The zero-order valence-electron chi connectivity index (χ0n) is 15.1. The molecule has 2 aromatic rings. The minimum absolute atomic E-state index is 0.260. The molecule has 10 heteroatoms. The van der Waals surface area contributed by atoms with Gasteiger partial charge in [-0.25, -0.2) is 12.7 Å². The minimum Gasteiger partial charge on any atom is -0.378 e. The van der Waals surface area contributed by atoms with Crippen LogP contribution in [0.4, 0.5) is 11.4 Å². The summed E-state index contributed by atoms with van der Waals surface area (Å²) in [7, 11) is -0.441. The molecular weight excluding hydrogens is 374 g/mol. The van der Waals surface area contributed by atoms with Gasteiger partial charge < -0.3 is 15.0 Å². The van der Waals surface area contributed by atoms with E-state index in [0.29, 0.717) is 19.8 Å². The van der Waals surface area contributed by atoms with Gasteiger partial charge in [-0.15, -0.1) is 10.2 Å². The van der Waals surface area contributed by atoms with Gasteiger partial charge in [-0.1, -0.05) is 11.3 Å². The SMILES string of the molecule is Cc1nnc(CNc2cc(S(=O)(=O)N(C)C)ccc2N2CCOCC2)s1. The second-order valence-electron chi connectivity index (χ2n) is 6.13. The van der Waals surface area contributed by atoms with Crippen molar-refractivity contribution < 1.29 is 13.2 Å². The summed E-state index contributed by atoms with van der Waals surface area (Å²) < 4.78 is 31.6. The summed E-state index contributed by atoms with van der Waals surface area (Å²) in [5, 5.41) is 13.2. The molecule has 1 saturated heterocycles. The van der Waals surface area contributed by atoms with Gasteiger partial charge in [0, 0.05) is 27.2 Å². The fourth-order valence-corrected chi connectivity index (χ4v) is 4.26. The average molecular weight is 398 g/mol. The first-order chi connectivity index (χ1) is 12.4. The van der Waals surface area contributed by atoms with Gasteiger partial charge in [-0.05, 0) is 25.1 Å². The summed E-state index contributed by atoms with van der Waals surface area (Å²) in [5.41, 5.74) is 1.73. The highest BCUT2D eigenvalue weighted by Crippen LogP contribution is 2.31. The number of anilines is 2. The molecule has 1 N–H and O–H groups in total. The van der Waals surface area contributed by atoms with Gasteiger partial charge in [0.1, 0.15) is 10.0 Å². The Kier molecular flexibility index (Phi) is 5.76. The van der Waals surface area contributed by atoms with E-state index in [9.17, 15) is 8.42 Å². The molecule has 1 aromatic heterocycles. The number of aromatic nitrogens is 2. The Morgan fingerprint density at radius 1 is 1.27 bits per heavy atom. The van der Waals surface area contributed by atoms with Crippen molar-refractivity contribution >= 4 is 32.7 Å². The highest BCUT2D eigenvalue weighted by molar-refractivity contribution is 7.89. The van der Waals surface area contributed by atoms with E-state index in [1.54, 1.807) is 12.1 Å². The topological polar surface area (TPSA) is 87.7 Å². The number of aryl methyl sites for hydroxylation is 1. The van der Waals surface area contributed by atoms with Gasteiger partial charge >= 0.3 is 0 Å². The van der Waals surface area contributed by atoms with Crippen molar-refractivity contribution in [2.45, 2.75) is 18.4 Å². The summed E-state index contributed by atoms with van der Waals surface area (Å²) >= 11 is 1.52. The number of nitrogens with zero attached hydrogens (tertiary/aromatic N) is 4. The molecule has 8 nitrogen and oxygen atoms in total. The number of rotatable bonds is 6. The summed E-state index contributed by atoms with van der Waals surface area (Å²) in [6, 6.07) is 5.20. The van der Waals surface area contributed by atoms with Crippen LogP contribution in [0.2, 0.25) is 0 Å². The van der Waals surface area contributed by atoms with E-state index >= 15 is 0 Å². The summed E-state index contributed by atoms with van der Waals surface area (Å²) in [5.74, 6) is 0. The van der Waals surface area contributed by atoms with E-state index in [1.165, 1.54) is 29.7 Å². The van der Waals surface area contributed by atoms with Crippen LogP contribution in [0.25, 0.3) is 0 Å². The largest absolute Gasteiger partial charge is 0.378 e. The van der Waals surface area contributed by atoms with Crippen LogP contribution in [-0.4, -0.2) is 63.3 Å². The number of ether oxygens (including phenoxy) is 1. The highest BCUT2D eigenvalue weighted by Gasteiger charge is 2.21. The quantitative estimate of drug-likeness (QED) is 0.791. The van der Waals surface area contributed by atoms with Crippen LogP contribution >= 0.6 is 11.3 Å². The van der Waals surface area contributed by atoms with Crippen LogP contribution in [0.3, 0.4) is 0 Å². The smallest absolute Gasteiger partial charge is 0.242 e. The molecule has 0 atom stereocenters. The third kappa shape index (κ3) is 4.14. The maximum atomic E-state index is 12.5. The molecule has 0 amide bonds. The molecule has 1 aliphatic heterocycles. The van der Waals surface area contributed by atoms with Crippen molar-refractivity contribution in [1.29, 1.82) is 0 Å². The number of sulfonamides is 1. The van der Waals surface area contributed by atoms with Crippen LogP contribution in [0.15, 0.2) is 23.1 Å². The van der Waals surface area contributed by atoms with E-state index < -0.39 is 10.0 Å². The molecule has 1 aliphatic rings. The third-order valence-corrected chi connectivity index (χ3v) is 6.75. The van der Waals surface area contributed by atoms with Crippen molar-refractivity contribution in [2.75, 3.05) is 50.6 Å². The molecule has 0 unspecified atom stereocenters. The Labute approximate surface area is 157 Å². The van der Waals surface area contributed by atoms with Gasteiger partial charge in [0.15, 0.2) is 0 Å². The maximum Gasteiger partial charge on any atom is 0.242 e. The van der Waals surface area contributed by atoms with Crippen LogP contribution in [0, 0.1) is 6.92 Å². The molecule has 0 aliphatic carbocycles. The molecular formula is C16H23N5O3S2. The average Bonchev–Trinajstić information content (AvgIpc) is 3.05. The van der Waals surface area contributed by atoms with Crippen molar-refractivity contribution in [3.8, 4) is 0 Å². The Morgan fingerprint density at radius 3 is 2.62 bits per heavy atom. The molecule has 2 heterocycles. The normalized spacial score (nSPS) is 15.5. The van der Waals surface area contributed by atoms with Crippen molar-refractivity contribution in [3.05, 3.63) is 28.2 Å². The maximum absolute atomic E-state index is 12.5. The minimum atomic E-state index is -3.50. The summed E-state index contributed by atoms with van der Waals surface area (Å²) in [6.07, 6.45) is 0. The van der Waals surface area contributed by atoms with Gasteiger partial charge in [-0.2, -0.15) is 0 Å². The molecule has 1 aromatic carbocycles. The number of nitrogens with one attached hydrogen (secondary N) is 1. The lowest BCUT2D eigenvalue weighted by atomic mass is 10.2. The summed E-state index contributed by atoms with van der Waals surface area (Å²) in [6.45, 7) is 5.26. The van der Waals surface area contributed by atoms with Crippen molar-refractivity contribution in [1.82, 2.24) is 14.5 Å². The fourth-order valence-electron chi connectivity index (χ4n) is 2.69. The third-order valence-electron chi connectivity index (χ3n) is 4.10. The Hall–Kier alpha value is -1.75. The van der Waals surface area contributed by atoms with E-state index in [2.05, 4.69) is 20.4 Å². The van der Waals surface area contributed by atoms with Gasteiger partial charge in [-0.3, -0.25) is 0 Å². The number of benzene rings is 1. The van der Waals surface area contributed by atoms with E-state index in [1.807, 2.05) is 13.0 Å². The molecule has 1 fully saturated rings. The fraction of sp³-hybridized carbons (Fsp3) is 0.500. The van der Waals surface area contributed by atoms with Gasteiger partial charge in [0.25, 0.3) is 0 Å². The summed E-state index contributed by atoms with van der Waals surface area (Å²) in [4.78, 5) is 2.46. The first-order valence-corrected chi connectivity index (χ1v) is 10.6. The van der Waals surface area contributed by atoms with Gasteiger partial charge in [0.05, 0.1) is 36.0 Å². The molecule has 0 radical (unpaired) electrons. The van der Waals surface area contributed by atoms with Crippen LogP contribution < -0.4 is 10.2 Å². The highest BCUT2D eigenvalue weighted by atomic mass is 32.2. The van der Waals surface area contributed by atoms with Crippen molar-refractivity contribution in [2.24, 2.45) is 0 Å². The molecule has 0 bridgehead atoms. The number of morpholine rings is 1. The predicted octanol–water partition coefficient (Wildman–Crippen LogP) is 1.55. The predicted molar refractivity (Wildman–Crippen MR) is 102 cm³/mol. The Bertz CT molecular complexity index is 861. The zero-order valence-corrected chi connectivity index (χ0v) is 16.7. The molecule has 3 rings (SSSR count). The zero-order chi connectivity index (χ0) is 18.7. The second-order valence-corrected chi connectivity index (χ2v) is 9.55. The van der Waals surface area contributed by atoms with Crippen LogP contribution in [0.1, 0.15) is 10.0 Å². The second kappa shape index (κ2) is 7.87. The lowest BCUT2D eigenvalue weighted by Gasteiger charge is -2.31. The molecule has 142 valence electrons. The Morgan fingerprint density at radius 2 is 2.00 bits per heavy atom. The Balaban J connectivity index is 1.92. The first-order valence-electron chi connectivity index (χ1n) is 8.30. The monoisotopic (exact) mass is 397 g/mol. The lowest BCUT2D eigenvalue weighted by Crippen LogP contribution is -2.36. The molecule has 0 spiro atoms. The van der Waals surface area contributed by atoms with Crippen LogP contribution in [0.5, 0.6) is 0 Å². The van der Waals surface area contributed by atoms with E-state index in [0.717, 1.165) is 34.5 Å². The van der Waals surface area contributed by atoms with E-state index in [-0.39, 0.29) is 4.90 Å². The molecule has 26 heavy (non-hydrogen) atoms.